The second-order valence-electron chi connectivity index (χ2n) is 6.90. The molecule has 0 radical (unpaired) electrons. The standard InChI is InChI=1S/C20H21N3O2/c24-18-14-17(15-4-2-1-3-5-15)20(22-18)8-12-23(13-9-20)19(25)16-6-10-21-11-7-16/h1-7,10-11,17H,8-9,12-14H2,(H,22,24)/t17-/m1/s1. The first kappa shape index (κ1) is 15.8. The van der Waals surface area contributed by atoms with Gasteiger partial charge in [-0.2, -0.15) is 0 Å². The summed E-state index contributed by atoms with van der Waals surface area (Å²) < 4.78 is 0. The minimum Gasteiger partial charge on any atom is -0.350 e. The van der Waals surface area contributed by atoms with Crippen LogP contribution >= 0.6 is 0 Å². The number of aromatic nitrogens is 1. The number of hydrogen-bond donors (Lipinski definition) is 1. The Bertz CT molecular complexity index is 768. The van der Waals surface area contributed by atoms with E-state index in [0.29, 0.717) is 25.1 Å². The SMILES string of the molecule is O=C1C[C@H](c2ccccc2)C2(CCN(C(=O)c3ccncc3)CC2)N1. The summed E-state index contributed by atoms with van der Waals surface area (Å²) in [5.41, 5.74) is 1.64. The summed E-state index contributed by atoms with van der Waals surface area (Å²) in [7, 11) is 0. The van der Waals surface area contributed by atoms with E-state index >= 15 is 0 Å². The van der Waals surface area contributed by atoms with Crippen LogP contribution in [-0.2, 0) is 4.79 Å². The van der Waals surface area contributed by atoms with E-state index < -0.39 is 0 Å². The Kier molecular flexibility index (Phi) is 3.99. The third-order valence-corrected chi connectivity index (χ3v) is 5.52. The van der Waals surface area contributed by atoms with Crippen LogP contribution < -0.4 is 5.32 Å². The number of amides is 2. The average molecular weight is 335 g/mol. The molecule has 1 spiro atoms. The van der Waals surface area contributed by atoms with Gasteiger partial charge in [0.25, 0.3) is 5.91 Å². The zero-order valence-electron chi connectivity index (χ0n) is 14.0. The monoisotopic (exact) mass is 335 g/mol. The molecule has 4 rings (SSSR count). The first-order valence-corrected chi connectivity index (χ1v) is 8.73. The predicted molar refractivity (Wildman–Crippen MR) is 94.0 cm³/mol. The molecule has 2 amide bonds. The number of nitrogens with zero attached hydrogens (tertiary/aromatic N) is 2. The molecule has 2 fully saturated rings. The van der Waals surface area contributed by atoms with Gasteiger partial charge in [0.05, 0.1) is 5.54 Å². The number of nitrogens with one attached hydrogen (secondary N) is 1. The van der Waals surface area contributed by atoms with Crippen molar-refractivity contribution in [2.24, 2.45) is 0 Å². The Labute approximate surface area is 147 Å². The highest BCUT2D eigenvalue weighted by molar-refractivity contribution is 5.94. The molecule has 1 N–H and O–H groups in total. The zero-order chi connectivity index (χ0) is 17.3. The van der Waals surface area contributed by atoms with Gasteiger partial charge in [0.2, 0.25) is 5.91 Å². The van der Waals surface area contributed by atoms with Crippen molar-refractivity contribution in [3.8, 4) is 0 Å². The molecular formula is C20H21N3O2. The molecule has 1 aromatic heterocycles. The summed E-state index contributed by atoms with van der Waals surface area (Å²) in [5.74, 6) is 0.333. The maximum atomic E-state index is 12.6. The van der Waals surface area contributed by atoms with Crippen LogP contribution in [0.25, 0.3) is 0 Å². The van der Waals surface area contributed by atoms with Crippen LogP contribution in [0.1, 0.15) is 41.1 Å². The highest BCUT2D eigenvalue weighted by Crippen LogP contribution is 2.43. The van der Waals surface area contributed by atoms with Crippen molar-refractivity contribution in [1.82, 2.24) is 15.2 Å². The molecule has 0 saturated carbocycles. The Morgan fingerprint density at radius 1 is 1.08 bits per heavy atom. The summed E-state index contributed by atoms with van der Waals surface area (Å²) in [6.07, 6.45) is 5.38. The number of carbonyl (C=O) groups is 2. The predicted octanol–water partition coefficient (Wildman–Crippen LogP) is 2.36. The Morgan fingerprint density at radius 3 is 2.44 bits per heavy atom. The van der Waals surface area contributed by atoms with Gasteiger partial charge in [-0.1, -0.05) is 30.3 Å². The van der Waals surface area contributed by atoms with Crippen LogP contribution in [0.2, 0.25) is 0 Å². The van der Waals surface area contributed by atoms with Crippen molar-refractivity contribution in [2.75, 3.05) is 13.1 Å². The van der Waals surface area contributed by atoms with Crippen LogP contribution in [0.3, 0.4) is 0 Å². The number of likely N-dealkylation sites (tertiary alicyclic amines) is 1. The Balaban J connectivity index is 1.51. The molecule has 128 valence electrons. The maximum Gasteiger partial charge on any atom is 0.253 e. The molecule has 2 aromatic rings. The summed E-state index contributed by atoms with van der Waals surface area (Å²) >= 11 is 0. The summed E-state index contributed by atoms with van der Waals surface area (Å²) in [6.45, 7) is 1.32. The number of piperidine rings is 1. The van der Waals surface area contributed by atoms with Gasteiger partial charge in [-0.25, -0.2) is 0 Å². The summed E-state index contributed by atoms with van der Waals surface area (Å²) in [6, 6.07) is 13.7. The van der Waals surface area contributed by atoms with Crippen LogP contribution in [0.15, 0.2) is 54.9 Å². The Hall–Kier alpha value is -2.69. The third-order valence-electron chi connectivity index (χ3n) is 5.52. The molecule has 5 nitrogen and oxygen atoms in total. The van der Waals surface area contributed by atoms with Crippen LogP contribution in [-0.4, -0.2) is 40.3 Å². The molecule has 25 heavy (non-hydrogen) atoms. The number of benzene rings is 1. The number of carbonyl (C=O) groups excluding carboxylic acids is 2. The van der Waals surface area contributed by atoms with Gasteiger partial charge in [-0.05, 0) is 30.5 Å². The molecule has 0 bridgehead atoms. The number of pyridine rings is 1. The molecule has 2 aliphatic rings. The molecule has 1 aromatic carbocycles. The van der Waals surface area contributed by atoms with E-state index in [1.807, 2.05) is 23.1 Å². The van der Waals surface area contributed by atoms with E-state index in [0.717, 1.165) is 12.8 Å². The van der Waals surface area contributed by atoms with Crippen molar-refractivity contribution >= 4 is 11.8 Å². The normalized spacial score (nSPS) is 22.0. The lowest BCUT2D eigenvalue weighted by atomic mass is 9.74. The van der Waals surface area contributed by atoms with Crippen molar-refractivity contribution in [3.05, 3.63) is 66.0 Å². The lowest BCUT2D eigenvalue weighted by Gasteiger charge is -2.43. The lowest BCUT2D eigenvalue weighted by molar-refractivity contribution is -0.120. The van der Waals surface area contributed by atoms with Gasteiger partial charge >= 0.3 is 0 Å². The van der Waals surface area contributed by atoms with E-state index in [1.165, 1.54) is 5.56 Å². The van der Waals surface area contributed by atoms with Gasteiger partial charge in [-0.15, -0.1) is 0 Å². The quantitative estimate of drug-likeness (QED) is 0.916. The minimum atomic E-state index is -0.229. The van der Waals surface area contributed by atoms with Crippen LogP contribution in [0.4, 0.5) is 0 Å². The van der Waals surface area contributed by atoms with Crippen molar-refractivity contribution in [3.63, 3.8) is 0 Å². The zero-order valence-corrected chi connectivity index (χ0v) is 14.0. The molecule has 1 atom stereocenters. The summed E-state index contributed by atoms with van der Waals surface area (Å²) in [4.78, 5) is 30.6. The molecular weight excluding hydrogens is 314 g/mol. The molecule has 2 saturated heterocycles. The van der Waals surface area contributed by atoms with Crippen LogP contribution in [0.5, 0.6) is 0 Å². The van der Waals surface area contributed by atoms with E-state index in [9.17, 15) is 9.59 Å². The van der Waals surface area contributed by atoms with Crippen molar-refractivity contribution in [1.29, 1.82) is 0 Å². The fraction of sp³-hybridized carbons (Fsp3) is 0.350. The van der Waals surface area contributed by atoms with Gasteiger partial charge in [0, 0.05) is 43.4 Å². The second-order valence-corrected chi connectivity index (χ2v) is 6.90. The van der Waals surface area contributed by atoms with E-state index in [2.05, 4.69) is 22.4 Å². The molecule has 2 aliphatic heterocycles. The highest BCUT2D eigenvalue weighted by Gasteiger charge is 2.49. The number of hydrogen-bond acceptors (Lipinski definition) is 3. The third kappa shape index (κ3) is 2.90. The Morgan fingerprint density at radius 2 is 1.76 bits per heavy atom. The average Bonchev–Trinajstić information content (AvgIpc) is 2.99. The van der Waals surface area contributed by atoms with Crippen molar-refractivity contribution in [2.45, 2.75) is 30.7 Å². The van der Waals surface area contributed by atoms with E-state index in [-0.39, 0.29) is 23.3 Å². The number of rotatable bonds is 2. The summed E-state index contributed by atoms with van der Waals surface area (Å²) in [5, 5.41) is 3.23. The van der Waals surface area contributed by atoms with Crippen LogP contribution in [0, 0.1) is 0 Å². The van der Waals surface area contributed by atoms with Gasteiger partial charge in [0.15, 0.2) is 0 Å². The topological polar surface area (TPSA) is 62.3 Å². The first-order chi connectivity index (χ1) is 12.2. The van der Waals surface area contributed by atoms with Gasteiger partial charge in [-0.3, -0.25) is 14.6 Å². The molecule has 0 aliphatic carbocycles. The van der Waals surface area contributed by atoms with Crippen molar-refractivity contribution < 1.29 is 9.59 Å². The van der Waals surface area contributed by atoms with E-state index in [4.69, 9.17) is 0 Å². The lowest BCUT2D eigenvalue weighted by Crippen LogP contribution is -2.54. The second kappa shape index (κ2) is 6.31. The van der Waals surface area contributed by atoms with Gasteiger partial charge < -0.3 is 10.2 Å². The van der Waals surface area contributed by atoms with Gasteiger partial charge in [0.1, 0.15) is 0 Å². The fourth-order valence-corrected chi connectivity index (χ4v) is 4.18. The molecule has 0 unspecified atom stereocenters. The largest absolute Gasteiger partial charge is 0.350 e. The van der Waals surface area contributed by atoms with E-state index in [1.54, 1.807) is 24.5 Å². The molecule has 3 heterocycles. The fourth-order valence-electron chi connectivity index (χ4n) is 4.18. The maximum absolute atomic E-state index is 12.6. The minimum absolute atomic E-state index is 0.0397. The smallest absolute Gasteiger partial charge is 0.253 e. The highest BCUT2D eigenvalue weighted by atomic mass is 16.2. The first-order valence-electron chi connectivity index (χ1n) is 8.73. The molecule has 5 heteroatoms.